The minimum atomic E-state index is 0.0175. The number of para-hydroxylation sites is 1. The molecule has 18 heavy (non-hydrogen) atoms. The Balaban J connectivity index is 2.10. The Labute approximate surface area is 105 Å². The summed E-state index contributed by atoms with van der Waals surface area (Å²) in [6.45, 7) is 0. The normalized spacial score (nSPS) is 26.4. The van der Waals surface area contributed by atoms with Gasteiger partial charge in [-0.25, -0.2) is 4.79 Å². The van der Waals surface area contributed by atoms with Crippen molar-refractivity contribution in [3.8, 4) is 5.75 Å². The molecule has 92 valence electrons. The van der Waals surface area contributed by atoms with E-state index < -0.39 is 0 Å². The van der Waals surface area contributed by atoms with E-state index in [1.165, 1.54) is 0 Å². The maximum atomic E-state index is 11.8. The number of Topliss-reactive ketones (excluding diaryl/α,β-unsaturated/α-hetero) is 1. The molecule has 1 aliphatic heterocycles. The lowest BCUT2D eigenvalue weighted by atomic mass is 9.79. The molecule has 0 amide bonds. The smallest absolute Gasteiger partial charge is 0.191 e. The first-order valence-electron chi connectivity index (χ1n) is 6.33. The second-order valence-corrected chi connectivity index (χ2v) is 4.95. The minimum absolute atomic E-state index is 0.0175. The molecule has 2 aliphatic rings. The van der Waals surface area contributed by atoms with Crippen LogP contribution in [0.25, 0.3) is 0 Å². The summed E-state index contributed by atoms with van der Waals surface area (Å²) in [6.07, 6.45) is 2.78. The fourth-order valence-electron chi connectivity index (χ4n) is 3.02. The summed E-state index contributed by atoms with van der Waals surface area (Å²) >= 11 is 0. The first kappa shape index (κ1) is 11.2. The van der Waals surface area contributed by atoms with Crippen LogP contribution in [0.2, 0.25) is 0 Å². The van der Waals surface area contributed by atoms with Gasteiger partial charge in [0.15, 0.2) is 11.7 Å². The fourth-order valence-corrected chi connectivity index (χ4v) is 3.02. The third-order valence-electron chi connectivity index (χ3n) is 3.88. The summed E-state index contributed by atoms with van der Waals surface area (Å²) in [7, 11) is 0. The first-order valence-corrected chi connectivity index (χ1v) is 6.33. The Kier molecular flexibility index (Phi) is 2.77. The van der Waals surface area contributed by atoms with E-state index in [4.69, 9.17) is 4.74 Å². The third kappa shape index (κ3) is 1.77. The van der Waals surface area contributed by atoms with E-state index in [0.29, 0.717) is 24.4 Å². The molecule has 0 radical (unpaired) electrons. The van der Waals surface area contributed by atoms with Crippen molar-refractivity contribution < 1.29 is 14.3 Å². The predicted octanol–water partition coefficient (Wildman–Crippen LogP) is 2.64. The zero-order valence-electron chi connectivity index (χ0n) is 10.0. The Morgan fingerprint density at radius 1 is 1.22 bits per heavy atom. The largest absolute Gasteiger partial charge is 0.450 e. The van der Waals surface area contributed by atoms with Crippen LogP contribution in [0.4, 0.5) is 0 Å². The van der Waals surface area contributed by atoms with Gasteiger partial charge in [0.2, 0.25) is 0 Å². The number of benzene rings is 1. The van der Waals surface area contributed by atoms with E-state index in [1.54, 1.807) is 0 Å². The van der Waals surface area contributed by atoms with Crippen LogP contribution in [0.15, 0.2) is 30.0 Å². The SMILES string of the molecule is O=C=C1Oc2ccccc2C2CC(=O)CCCC12. The number of carbonyl (C=O) groups excluding carboxylic acids is 2. The van der Waals surface area contributed by atoms with Gasteiger partial charge in [-0.05, 0) is 24.5 Å². The monoisotopic (exact) mass is 242 g/mol. The molecule has 1 fully saturated rings. The van der Waals surface area contributed by atoms with Crippen LogP contribution in [-0.2, 0) is 9.59 Å². The summed E-state index contributed by atoms with van der Waals surface area (Å²) < 4.78 is 5.62. The summed E-state index contributed by atoms with van der Waals surface area (Å²) in [6, 6.07) is 7.66. The number of ketones is 1. The van der Waals surface area contributed by atoms with Gasteiger partial charge in [0.25, 0.3) is 0 Å². The number of hydrogen-bond acceptors (Lipinski definition) is 3. The highest BCUT2D eigenvalue weighted by Gasteiger charge is 2.38. The van der Waals surface area contributed by atoms with Gasteiger partial charge in [-0.3, -0.25) is 4.79 Å². The van der Waals surface area contributed by atoms with E-state index in [2.05, 4.69) is 0 Å². The van der Waals surface area contributed by atoms with Gasteiger partial charge < -0.3 is 4.74 Å². The second-order valence-electron chi connectivity index (χ2n) is 4.95. The van der Waals surface area contributed by atoms with Crippen molar-refractivity contribution in [2.24, 2.45) is 5.92 Å². The quantitative estimate of drug-likeness (QED) is 0.657. The molecule has 2 unspecified atom stereocenters. The van der Waals surface area contributed by atoms with E-state index >= 15 is 0 Å². The fraction of sp³-hybridized carbons (Fsp3) is 0.400. The highest BCUT2D eigenvalue weighted by Crippen LogP contribution is 2.46. The van der Waals surface area contributed by atoms with E-state index in [0.717, 1.165) is 18.4 Å². The van der Waals surface area contributed by atoms with Gasteiger partial charge in [0.05, 0.1) is 0 Å². The number of carbonyl (C=O) groups is 1. The zero-order chi connectivity index (χ0) is 12.5. The third-order valence-corrected chi connectivity index (χ3v) is 3.88. The molecule has 0 aromatic heterocycles. The average Bonchev–Trinajstić information content (AvgIpc) is 2.59. The topological polar surface area (TPSA) is 43.4 Å². The second kappa shape index (κ2) is 4.43. The van der Waals surface area contributed by atoms with Gasteiger partial charge >= 0.3 is 0 Å². The summed E-state index contributed by atoms with van der Waals surface area (Å²) in [5, 5.41) is 0. The Hall–Kier alpha value is -1.86. The van der Waals surface area contributed by atoms with Crippen molar-refractivity contribution in [3.05, 3.63) is 35.6 Å². The minimum Gasteiger partial charge on any atom is -0.450 e. The van der Waals surface area contributed by atoms with E-state index in [9.17, 15) is 9.59 Å². The molecule has 2 atom stereocenters. The molecule has 0 spiro atoms. The van der Waals surface area contributed by atoms with E-state index in [1.807, 2.05) is 30.2 Å². The van der Waals surface area contributed by atoms with Crippen LogP contribution >= 0.6 is 0 Å². The molecule has 3 nitrogen and oxygen atoms in total. The Morgan fingerprint density at radius 3 is 2.89 bits per heavy atom. The van der Waals surface area contributed by atoms with Crippen molar-refractivity contribution in [1.82, 2.24) is 0 Å². The molecule has 0 saturated heterocycles. The average molecular weight is 242 g/mol. The number of hydrogen-bond donors (Lipinski definition) is 0. The Morgan fingerprint density at radius 2 is 2.06 bits per heavy atom. The number of ether oxygens (including phenoxy) is 1. The summed E-state index contributed by atoms with van der Waals surface area (Å²) in [5.74, 6) is 3.37. The van der Waals surface area contributed by atoms with Crippen LogP contribution < -0.4 is 4.74 Å². The standard InChI is InChI=1S/C15H14O3/c16-9-15-12-6-3-4-10(17)8-13(12)11-5-1-2-7-14(11)18-15/h1-2,5,7,12-13H,3-4,6,8H2. The van der Waals surface area contributed by atoms with Crippen molar-refractivity contribution in [2.75, 3.05) is 0 Å². The maximum Gasteiger partial charge on any atom is 0.191 e. The lowest BCUT2D eigenvalue weighted by Crippen LogP contribution is -2.24. The molecule has 3 heteroatoms. The molecule has 1 heterocycles. The van der Waals surface area contributed by atoms with Gasteiger partial charge in [-0.15, -0.1) is 0 Å². The van der Waals surface area contributed by atoms with Gasteiger partial charge in [-0.1, -0.05) is 18.2 Å². The zero-order valence-corrected chi connectivity index (χ0v) is 10.0. The van der Waals surface area contributed by atoms with Crippen molar-refractivity contribution in [2.45, 2.75) is 31.6 Å². The molecular formula is C15H14O3. The molecule has 0 N–H and O–H groups in total. The number of rotatable bonds is 0. The first-order chi connectivity index (χ1) is 8.79. The molecule has 0 bridgehead atoms. The lowest BCUT2D eigenvalue weighted by molar-refractivity contribution is -0.119. The molecule has 1 aromatic rings. The molecule has 1 aromatic carbocycles. The number of allylic oxidation sites excluding steroid dienone is 1. The van der Waals surface area contributed by atoms with Gasteiger partial charge in [0, 0.05) is 24.7 Å². The molecule has 3 rings (SSSR count). The molecule has 1 saturated carbocycles. The van der Waals surface area contributed by atoms with Crippen molar-refractivity contribution >= 4 is 11.7 Å². The summed E-state index contributed by atoms with van der Waals surface area (Å²) in [4.78, 5) is 22.8. The van der Waals surface area contributed by atoms with Crippen LogP contribution in [0.1, 0.15) is 37.2 Å². The maximum absolute atomic E-state index is 11.8. The van der Waals surface area contributed by atoms with Crippen LogP contribution in [0.3, 0.4) is 0 Å². The summed E-state index contributed by atoms with van der Waals surface area (Å²) in [5.41, 5.74) is 1.05. The predicted molar refractivity (Wildman–Crippen MR) is 66.0 cm³/mol. The van der Waals surface area contributed by atoms with Gasteiger partial charge in [-0.2, -0.15) is 0 Å². The molecule has 1 aliphatic carbocycles. The number of fused-ring (bicyclic) bond motifs is 3. The Bertz CT molecular complexity index is 540. The van der Waals surface area contributed by atoms with Crippen LogP contribution in [-0.4, -0.2) is 11.7 Å². The van der Waals surface area contributed by atoms with Crippen molar-refractivity contribution in [1.29, 1.82) is 0 Å². The highest BCUT2D eigenvalue weighted by molar-refractivity contribution is 5.80. The lowest BCUT2D eigenvalue weighted by Gasteiger charge is -2.31. The van der Waals surface area contributed by atoms with E-state index in [-0.39, 0.29) is 17.6 Å². The van der Waals surface area contributed by atoms with Gasteiger partial charge in [0.1, 0.15) is 11.5 Å². The highest BCUT2D eigenvalue weighted by atomic mass is 16.5. The van der Waals surface area contributed by atoms with Crippen LogP contribution in [0.5, 0.6) is 5.75 Å². The molecular weight excluding hydrogens is 228 g/mol. The van der Waals surface area contributed by atoms with Crippen molar-refractivity contribution in [3.63, 3.8) is 0 Å². The van der Waals surface area contributed by atoms with Crippen LogP contribution in [0, 0.1) is 5.92 Å².